The van der Waals surface area contributed by atoms with Crippen LogP contribution in [0.1, 0.15) is 25.0 Å². The minimum Gasteiger partial charge on any atom is -0.504 e. The number of esters is 4. The number of benzene rings is 2. The van der Waals surface area contributed by atoms with E-state index in [1.165, 1.54) is 62.8 Å². The average molecular weight is 779 g/mol. The van der Waals surface area contributed by atoms with Crippen LogP contribution in [0.25, 0.3) is 12.2 Å². The summed E-state index contributed by atoms with van der Waals surface area (Å²) in [6, 6.07) is 8.47. The quantitative estimate of drug-likeness (QED) is 0.0770. The Kier molecular flexibility index (Phi) is 14.6. The van der Waals surface area contributed by atoms with E-state index in [2.05, 4.69) is 0 Å². The van der Waals surface area contributed by atoms with Crippen LogP contribution in [0.15, 0.2) is 48.6 Å². The smallest absolute Gasteiger partial charge is 0.331 e. The molecule has 0 aromatic heterocycles. The van der Waals surface area contributed by atoms with Gasteiger partial charge < -0.3 is 73.3 Å². The zero-order chi connectivity index (χ0) is 40.4. The molecule has 19 heteroatoms. The molecule has 9 unspecified atom stereocenters. The van der Waals surface area contributed by atoms with Gasteiger partial charge in [-0.2, -0.15) is 0 Å². The molecule has 19 nitrogen and oxygen atoms in total. The summed E-state index contributed by atoms with van der Waals surface area (Å²) in [6.45, 7) is -0.382. The van der Waals surface area contributed by atoms with E-state index in [0.717, 1.165) is 26.0 Å². The number of phenols is 2. The second-order valence-electron chi connectivity index (χ2n) is 12.2. The normalized spacial score (nSPS) is 27.8. The molecule has 2 saturated heterocycles. The molecule has 9 atom stereocenters. The van der Waals surface area contributed by atoms with Gasteiger partial charge in [-0.1, -0.05) is 12.1 Å². The van der Waals surface area contributed by atoms with Gasteiger partial charge in [0.1, 0.15) is 50.3 Å². The van der Waals surface area contributed by atoms with Gasteiger partial charge in [0.15, 0.2) is 41.5 Å². The lowest BCUT2D eigenvalue weighted by Crippen LogP contribution is -2.63. The van der Waals surface area contributed by atoms with Crippen LogP contribution >= 0.6 is 0 Å². The Balaban J connectivity index is 1.57. The number of aromatic hydroxyl groups is 2. The largest absolute Gasteiger partial charge is 0.504 e. The number of hydrogen-bond donors (Lipinski definition) is 6. The molecule has 0 radical (unpaired) electrons. The van der Waals surface area contributed by atoms with Crippen molar-refractivity contribution in [3.63, 3.8) is 0 Å². The average Bonchev–Trinajstić information content (AvgIpc) is 3.43. The molecular weight excluding hydrogens is 736 g/mol. The van der Waals surface area contributed by atoms with Gasteiger partial charge in [-0.3, -0.25) is 9.59 Å². The summed E-state index contributed by atoms with van der Waals surface area (Å²) in [5, 5.41) is 62.6. The summed E-state index contributed by atoms with van der Waals surface area (Å²) in [7, 11) is 2.67. The first-order valence-electron chi connectivity index (χ1n) is 16.6. The van der Waals surface area contributed by atoms with Crippen molar-refractivity contribution < 1.29 is 92.4 Å². The van der Waals surface area contributed by atoms with E-state index in [0.29, 0.717) is 11.1 Å². The van der Waals surface area contributed by atoms with Crippen LogP contribution in [-0.2, 0) is 52.3 Å². The highest BCUT2D eigenvalue weighted by Gasteiger charge is 2.63. The molecule has 2 aliphatic heterocycles. The lowest BCUT2D eigenvalue weighted by Gasteiger charge is -2.43. The summed E-state index contributed by atoms with van der Waals surface area (Å²) >= 11 is 0. The third-order valence-corrected chi connectivity index (χ3v) is 8.27. The maximum Gasteiger partial charge on any atom is 0.331 e. The van der Waals surface area contributed by atoms with E-state index < -0.39 is 98.5 Å². The number of aliphatic hydroxyl groups is 4. The number of phenolic OH excluding ortho intramolecular Hbond substituents is 2. The molecular formula is C36H42O19. The number of ether oxygens (including phenoxy) is 9. The van der Waals surface area contributed by atoms with E-state index in [1.807, 2.05) is 0 Å². The van der Waals surface area contributed by atoms with Crippen molar-refractivity contribution in [1.29, 1.82) is 0 Å². The van der Waals surface area contributed by atoms with Crippen LogP contribution in [0, 0.1) is 0 Å². The van der Waals surface area contributed by atoms with Gasteiger partial charge in [-0.15, -0.1) is 0 Å². The highest BCUT2D eigenvalue weighted by atomic mass is 16.8. The van der Waals surface area contributed by atoms with Crippen molar-refractivity contribution in [2.24, 2.45) is 0 Å². The maximum absolute atomic E-state index is 13.2. The van der Waals surface area contributed by atoms with Crippen LogP contribution in [0.2, 0.25) is 0 Å². The Morgan fingerprint density at radius 2 is 1.31 bits per heavy atom. The number of carbonyl (C=O) groups is 4. The minimum atomic E-state index is -2.56. The second-order valence-corrected chi connectivity index (χ2v) is 12.2. The van der Waals surface area contributed by atoms with Gasteiger partial charge in [-0.25, -0.2) is 9.59 Å². The predicted molar refractivity (Wildman–Crippen MR) is 183 cm³/mol. The monoisotopic (exact) mass is 778 g/mol. The fourth-order valence-corrected chi connectivity index (χ4v) is 5.56. The van der Waals surface area contributed by atoms with Crippen LogP contribution in [-0.4, -0.2) is 143 Å². The summed E-state index contributed by atoms with van der Waals surface area (Å²) in [6.07, 6.45) is -9.77. The Bertz CT molecular complexity index is 1740. The van der Waals surface area contributed by atoms with E-state index in [4.69, 9.17) is 42.6 Å². The fourth-order valence-electron chi connectivity index (χ4n) is 5.56. The van der Waals surface area contributed by atoms with Crippen molar-refractivity contribution >= 4 is 36.0 Å². The molecule has 0 saturated carbocycles. The van der Waals surface area contributed by atoms with Gasteiger partial charge in [0.05, 0.1) is 14.2 Å². The molecule has 300 valence electrons. The van der Waals surface area contributed by atoms with Gasteiger partial charge in [-0.05, 0) is 47.5 Å². The maximum atomic E-state index is 13.2. The first kappa shape index (κ1) is 42.5. The lowest BCUT2D eigenvalue weighted by molar-refractivity contribution is -0.383. The van der Waals surface area contributed by atoms with Crippen molar-refractivity contribution in [3.8, 4) is 23.0 Å². The van der Waals surface area contributed by atoms with Crippen LogP contribution in [0.3, 0.4) is 0 Å². The molecule has 2 aromatic rings. The van der Waals surface area contributed by atoms with Gasteiger partial charge in [0, 0.05) is 26.0 Å². The second kappa shape index (κ2) is 18.8. The van der Waals surface area contributed by atoms with Gasteiger partial charge in [0.2, 0.25) is 5.79 Å². The first-order chi connectivity index (χ1) is 26.1. The molecule has 2 fully saturated rings. The Labute approximate surface area is 313 Å². The van der Waals surface area contributed by atoms with Crippen LogP contribution in [0.5, 0.6) is 23.0 Å². The van der Waals surface area contributed by atoms with E-state index in [-0.39, 0.29) is 23.0 Å². The zero-order valence-electron chi connectivity index (χ0n) is 30.0. The SMILES string of the molecule is COc1cc(C=CC(=O)OCC2OC(OC3(CO)OC(COC(C)=O)C(OC(C)=O)C3OC(=O)C=Cc3ccc(O)c(OC)c3)C(O)C(O)C2O)ccc1O. The van der Waals surface area contributed by atoms with Crippen LogP contribution < -0.4 is 9.47 Å². The molecule has 55 heavy (non-hydrogen) atoms. The molecule has 2 aliphatic rings. The number of carbonyl (C=O) groups excluding carboxylic acids is 4. The van der Waals surface area contributed by atoms with Crippen molar-refractivity contribution in [3.05, 3.63) is 59.7 Å². The van der Waals surface area contributed by atoms with E-state index >= 15 is 0 Å². The first-order valence-corrected chi connectivity index (χ1v) is 16.6. The lowest BCUT2D eigenvalue weighted by atomic mass is 9.98. The molecule has 2 aromatic carbocycles. The number of methoxy groups -OCH3 is 2. The number of hydrogen-bond acceptors (Lipinski definition) is 19. The van der Waals surface area contributed by atoms with E-state index in [9.17, 15) is 49.8 Å². The molecule has 4 rings (SSSR count). The highest BCUT2D eigenvalue weighted by molar-refractivity contribution is 5.88. The number of aliphatic hydroxyl groups excluding tert-OH is 4. The minimum absolute atomic E-state index is 0.105. The van der Waals surface area contributed by atoms with Crippen molar-refractivity contribution in [1.82, 2.24) is 0 Å². The predicted octanol–water partition coefficient (Wildman–Crippen LogP) is -0.297. The zero-order valence-corrected chi connectivity index (χ0v) is 30.0. The summed E-state index contributed by atoms with van der Waals surface area (Å²) in [5.74, 6) is -6.28. The highest BCUT2D eigenvalue weighted by Crippen LogP contribution is 2.40. The third kappa shape index (κ3) is 10.7. The molecule has 0 amide bonds. The standard InChI is InChI=1S/C36H42O19/c1-18(38)49-16-27-33(51-19(2)39)34(53-29(43)12-8-21-6-10-23(41)25(14-21)48-4)36(17-37,54-27)55-35-32(46)31(45)30(44)26(52-35)15-50-28(42)11-7-20-5-9-22(40)24(13-20)47-3/h5-14,26-27,30-35,37,40-41,44-46H,15-17H2,1-4H3. The van der Waals surface area contributed by atoms with Crippen LogP contribution in [0.4, 0.5) is 0 Å². The summed E-state index contributed by atoms with van der Waals surface area (Å²) in [5.41, 5.74) is 0.848. The summed E-state index contributed by atoms with van der Waals surface area (Å²) in [4.78, 5) is 49.6. The van der Waals surface area contributed by atoms with Gasteiger partial charge in [0.25, 0.3) is 0 Å². The fraction of sp³-hybridized carbons (Fsp3) is 0.444. The van der Waals surface area contributed by atoms with Crippen molar-refractivity contribution in [2.75, 3.05) is 34.0 Å². The Morgan fingerprint density at radius 3 is 1.84 bits per heavy atom. The summed E-state index contributed by atoms with van der Waals surface area (Å²) < 4.78 is 48.7. The Hall–Kier alpha value is -5.28. The third-order valence-electron chi connectivity index (χ3n) is 8.27. The molecule has 0 spiro atoms. The van der Waals surface area contributed by atoms with Gasteiger partial charge >= 0.3 is 23.9 Å². The number of rotatable bonds is 15. The van der Waals surface area contributed by atoms with E-state index in [1.54, 1.807) is 0 Å². The topological polar surface area (TPSA) is 273 Å². The molecule has 0 aliphatic carbocycles. The molecule has 6 N–H and O–H groups in total. The molecule has 0 bridgehead atoms. The Morgan fingerprint density at radius 1 is 0.745 bits per heavy atom. The molecule has 2 heterocycles. The van der Waals surface area contributed by atoms with Crippen molar-refractivity contribution in [2.45, 2.75) is 68.7 Å².